The van der Waals surface area contributed by atoms with Crippen LogP contribution in [0, 0.1) is 20.8 Å². The van der Waals surface area contributed by atoms with Gasteiger partial charge < -0.3 is 20.1 Å². The number of carbonyl (C=O) groups excluding carboxylic acids is 4. The highest BCUT2D eigenvalue weighted by Crippen LogP contribution is 2.21. The molecule has 8 heteroatoms. The fourth-order valence-electron chi connectivity index (χ4n) is 3.06. The number of esters is 1. The van der Waals surface area contributed by atoms with Gasteiger partial charge in [0.2, 0.25) is 5.91 Å². The average Bonchev–Trinajstić information content (AvgIpc) is 2.77. The van der Waals surface area contributed by atoms with Crippen molar-refractivity contribution in [1.29, 1.82) is 0 Å². The predicted octanol–water partition coefficient (Wildman–Crippen LogP) is 2.88. The maximum Gasteiger partial charge on any atom is 0.344 e. The second-order valence-electron chi connectivity index (χ2n) is 7.35. The van der Waals surface area contributed by atoms with E-state index in [0.717, 1.165) is 16.7 Å². The molecule has 0 aliphatic rings. The van der Waals surface area contributed by atoms with E-state index in [1.807, 2.05) is 32.9 Å². The van der Waals surface area contributed by atoms with Crippen molar-refractivity contribution < 1.29 is 28.7 Å². The average molecular weight is 440 g/mol. The Morgan fingerprint density at radius 2 is 1.50 bits per heavy atom. The van der Waals surface area contributed by atoms with Crippen LogP contribution in [0.4, 0.5) is 5.69 Å². The van der Waals surface area contributed by atoms with Crippen LogP contribution < -0.4 is 15.4 Å². The van der Waals surface area contributed by atoms with Gasteiger partial charge in [0.15, 0.2) is 19.0 Å². The van der Waals surface area contributed by atoms with Gasteiger partial charge >= 0.3 is 5.97 Å². The maximum atomic E-state index is 12.1. The van der Waals surface area contributed by atoms with Gasteiger partial charge in [0.25, 0.3) is 5.91 Å². The molecule has 0 radical (unpaired) electrons. The van der Waals surface area contributed by atoms with Crippen molar-refractivity contribution in [2.24, 2.45) is 0 Å². The van der Waals surface area contributed by atoms with E-state index in [1.54, 1.807) is 31.2 Å². The summed E-state index contributed by atoms with van der Waals surface area (Å²) in [5.41, 5.74) is 4.24. The summed E-state index contributed by atoms with van der Waals surface area (Å²) < 4.78 is 10.1. The lowest BCUT2D eigenvalue weighted by molar-refractivity contribution is -0.150. The number of aryl methyl sites for hydroxylation is 3. The molecule has 0 aromatic heterocycles. The standard InChI is InChI=1S/C24H28N2O6/c1-5-20(27)18-6-8-19(9-7-18)31-14-23(30)32-13-22(29)25-12-21(28)26-24-16(3)10-15(2)11-17(24)4/h6-11H,5,12-14H2,1-4H3,(H,25,29)(H,26,28). The van der Waals surface area contributed by atoms with E-state index in [2.05, 4.69) is 10.6 Å². The van der Waals surface area contributed by atoms with Crippen LogP contribution in [0.1, 0.15) is 40.4 Å². The zero-order chi connectivity index (χ0) is 23.7. The van der Waals surface area contributed by atoms with Crippen molar-refractivity contribution in [1.82, 2.24) is 5.32 Å². The summed E-state index contributed by atoms with van der Waals surface area (Å²) in [6.07, 6.45) is 0.404. The molecule has 170 valence electrons. The third-order valence-electron chi connectivity index (χ3n) is 4.61. The first kappa shape index (κ1) is 24.6. The molecule has 0 saturated heterocycles. The Labute approximate surface area is 187 Å². The van der Waals surface area contributed by atoms with Gasteiger partial charge in [-0.05, 0) is 56.2 Å². The molecule has 0 saturated carbocycles. The van der Waals surface area contributed by atoms with Gasteiger partial charge in [-0.3, -0.25) is 14.4 Å². The van der Waals surface area contributed by atoms with Gasteiger partial charge in [-0.1, -0.05) is 24.6 Å². The molecule has 0 fully saturated rings. The SMILES string of the molecule is CCC(=O)c1ccc(OCC(=O)OCC(=O)NCC(=O)Nc2c(C)cc(C)cc2C)cc1. The lowest BCUT2D eigenvalue weighted by atomic mass is 10.1. The number of hydrogen-bond acceptors (Lipinski definition) is 6. The van der Waals surface area contributed by atoms with E-state index in [-0.39, 0.29) is 24.8 Å². The fourth-order valence-corrected chi connectivity index (χ4v) is 3.06. The first-order valence-electron chi connectivity index (χ1n) is 10.3. The number of Topliss-reactive ketones (excluding diaryl/α,β-unsaturated/α-hetero) is 1. The number of ether oxygens (including phenoxy) is 2. The van der Waals surface area contributed by atoms with Crippen LogP contribution in [0.15, 0.2) is 36.4 Å². The van der Waals surface area contributed by atoms with Gasteiger partial charge in [0.05, 0.1) is 6.54 Å². The molecular formula is C24H28N2O6. The fraction of sp³-hybridized carbons (Fsp3) is 0.333. The van der Waals surface area contributed by atoms with E-state index >= 15 is 0 Å². The lowest BCUT2D eigenvalue weighted by Gasteiger charge is -2.13. The highest BCUT2D eigenvalue weighted by molar-refractivity contribution is 5.96. The second-order valence-corrected chi connectivity index (χ2v) is 7.35. The van der Waals surface area contributed by atoms with Crippen LogP contribution in [-0.4, -0.2) is 43.3 Å². The van der Waals surface area contributed by atoms with Crippen LogP contribution in [0.2, 0.25) is 0 Å². The van der Waals surface area contributed by atoms with Gasteiger partial charge in [0.1, 0.15) is 5.75 Å². The molecule has 2 aromatic rings. The van der Waals surface area contributed by atoms with Gasteiger partial charge in [0, 0.05) is 17.7 Å². The zero-order valence-corrected chi connectivity index (χ0v) is 18.7. The maximum absolute atomic E-state index is 12.1. The smallest absolute Gasteiger partial charge is 0.344 e. The number of rotatable bonds is 10. The molecule has 0 bridgehead atoms. The number of nitrogens with one attached hydrogen (secondary N) is 2. The normalized spacial score (nSPS) is 10.2. The number of anilines is 1. The number of hydrogen-bond donors (Lipinski definition) is 2. The molecule has 32 heavy (non-hydrogen) atoms. The Morgan fingerprint density at radius 1 is 0.875 bits per heavy atom. The summed E-state index contributed by atoms with van der Waals surface area (Å²) in [7, 11) is 0. The van der Waals surface area contributed by atoms with E-state index in [1.165, 1.54) is 0 Å². The van der Waals surface area contributed by atoms with Crippen LogP contribution in [0.5, 0.6) is 5.75 Å². The van der Waals surface area contributed by atoms with Crippen LogP contribution >= 0.6 is 0 Å². The summed E-state index contributed by atoms with van der Waals surface area (Å²) in [5.74, 6) is -1.30. The van der Waals surface area contributed by atoms with E-state index in [9.17, 15) is 19.2 Å². The minimum Gasteiger partial charge on any atom is -0.482 e. The monoisotopic (exact) mass is 440 g/mol. The first-order valence-corrected chi connectivity index (χ1v) is 10.3. The Balaban J connectivity index is 1.69. The highest BCUT2D eigenvalue weighted by Gasteiger charge is 2.12. The topological polar surface area (TPSA) is 111 Å². The number of carbonyl (C=O) groups is 4. The largest absolute Gasteiger partial charge is 0.482 e. The van der Waals surface area contributed by atoms with Crippen molar-refractivity contribution in [2.75, 3.05) is 25.1 Å². The number of amides is 2. The molecule has 0 aliphatic carbocycles. The van der Waals surface area contributed by atoms with E-state index in [4.69, 9.17) is 9.47 Å². The second kappa shape index (κ2) is 11.6. The summed E-state index contributed by atoms with van der Waals surface area (Å²) in [6.45, 7) is 6.38. The quantitative estimate of drug-likeness (QED) is 0.434. The van der Waals surface area contributed by atoms with Crippen molar-refractivity contribution in [3.05, 3.63) is 58.7 Å². The van der Waals surface area contributed by atoms with Crippen molar-refractivity contribution in [3.63, 3.8) is 0 Å². The van der Waals surface area contributed by atoms with Crippen molar-refractivity contribution in [3.8, 4) is 5.75 Å². The Kier molecular flexibility index (Phi) is 8.95. The van der Waals surface area contributed by atoms with Gasteiger partial charge in [-0.25, -0.2) is 4.79 Å². The summed E-state index contributed by atoms with van der Waals surface area (Å²) >= 11 is 0. The minimum atomic E-state index is -0.732. The van der Waals surface area contributed by atoms with Crippen LogP contribution in [0.3, 0.4) is 0 Å². The van der Waals surface area contributed by atoms with Crippen molar-refractivity contribution in [2.45, 2.75) is 34.1 Å². The molecule has 8 nitrogen and oxygen atoms in total. The molecule has 2 N–H and O–H groups in total. The molecule has 2 rings (SSSR count). The molecule has 0 aliphatic heterocycles. The lowest BCUT2D eigenvalue weighted by Crippen LogP contribution is -2.36. The van der Waals surface area contributed by atoms with Crippen molar-refractivity contribution >= 4 is 29.3 Å². The minimum absolute atomic E-state index is 0.0137. The van der Waals surface area contributed by atoms with Crippen LogP contribution in [-0.2, 0) is 19.1 Å². The Bertz CT molecular complexity index is 975. The highest BCUT2D eigenvalue weighted by atomic mass is 16.6. The molecule has 0 spiro atoms. The molecule has 0 unspecified atom stereocenters. The summed E-state index contributed by atoms with van der Waals surface area (Å²) in [4.78, 5) is 47.3. The number of ketones is 1. The van der Waals surface area contributed by atoms with Gasteiger partial charge in [-0.15, -0.1) is 0 Å². The third kappa shape index (κ3) is 7.54. The molecule has 2 aromatic carbocycles. The zero-order valence-electron chi connectivity index (χ0n) is 18.7. The predicted molar refractivity (Wildman–Crippen MR) is 120 cm³/mol. The Hall–Kier alpha value is -3.68. The molecule has 0 heterocycles. The van der Waals surface area contributed by atoms with Gasteiger partial charge in [-0.2, -0.15) is 0 Å². The molecule has 0 atom stereocenters. The Morgan fingerprint density at radius 3 is 2.09 bits per heavy atom. The van der Waals surface area contributed by atoms with E-state index in [0.29, 0.717) is 23.4 Å². The third-order valence-corrected chi connectivity index (χ3v) is 4.61. The number of benzene rings is 2. The summed E-state index contributed by atoms with van der Waals surface area (Å²) in [6, 6.07) is 10.3. The molecule has 2 amide bonds. The molecular weight excluding hydrogens is 412 g/mol. The van der Waals surface area contributed by atoms with E-state index < -0.39 is 18.5 Å². The van der Waals surface area contributed by atoms with Crippen LogP contribution in [0.25, 0.3) is 0 Å². The first-order chi connectivity index (χ1) is 15.2. The summed E-state index contributed by atoms with van der Waals surface area (Å²) in [5, 5.41) is 5.18.